The molecule has 0 radical (unpaired) electrons. The van der Waals surface area contributed by atoms with Crippen LogP contribution in [0.3, 0.4) is 0 Å². The minimum atomic E-state index is -0.197. The summed E-state index contributed by atoms with van der Waals surface area (Å²) in [5, 5.41) is 5.60. The third-order valence-corrected chi connectivity index (χ3v) is 2.86. The highest BCUT2D eigenvalue weighted by molar-refractivity contribution is 5.89. The van der Waals surface area contributed by atoms with Gasteiger partial charge in [0.25, 0.3) is 0 Å². The van der Waals surface area contributed by atoms with E-state index < -0.39 is 0 Å². The summed E-state index contributed by atoms with van der Waals surface area (Å²) in [6.07, 6.45) is 2.43. The first kappa shape index (κ1) is 12.5. The number of hydrogen-bond donors (Lipinski definition) is 2. The minimum absolute atomic E-state index is 0.197. The number of ether oxygens (including phenoxy) is 2. The molecule has 2 amide bonds. The summed E-state index contributed by atoms with van der Waals surface area (Å²) in [4.78, 5) is 11.6. The molecule has 0 bridgehead atoms. The van der Waals surface area contributed by atoms with Gasteiger partial charge in [-0.05, 0) is 18.8 Å². The zero-order chi connectivity index (χ0) is 13.0. The summed E-state index contributed by atoms with van der Waals surface area (Å²) in [7, 11) is 3.15. The number of rotatable bonds is 5. The number of benzene rings is 1. The van der Waals surface area contributed by atoms with E-state index in [1.165, 1.54) is 12.8 Å². The van der Waals surface area contributed by atoms with Gasteiger partial charge in [0.1, 0.15) is 11.5 Å². The third kappa shape index (κ3) is 3.55. The molecular weight excluding hydrogens is 232 g/mol. The van der Waals surface area contributed by atoms with Gasteiger partial charge < -0.3 is 20.1 Å². The van der Waals surface area contributed by atoms with Crippen molar-refractivity contribution in [1.29, 1.82) is 0 Å². The maximum atomic E-state index is 11.6. The lowest BCUT2D eigenvalue weighted by Gasteiger charge is -2.10. The van der Waals surface area contributed by atoms with Crippen LogP contribution in [0.1, 0.15) is 12.8 Å². The highest BCUT2D eigenvalue weighted by atomic mass is 16.5. The molecule has 1 aromatic carbocycles. The Balaban J connectivity index is 1.95. The second kappa shape index (κ2) is 5.62. The Kier molecular flexibility index (Phi) is 3.92. The van der Waals surface area contributed by atoms with Crippen LogP contribution < -0.4 is 20.1 Å². The van der Waals surface area contributed by atoms with Crippen molar-refractivity contribution in [3.05, 3.63) is 18.2 Å². The van der Waals surface area contributed by atoms with Gasteiger partial charge >= 0.3 is 6.03 Å². The Morgan fingerprint density at radius 3 is 2.33 bits per heavy atom. The van der Waals surface area contributed by atoms with Gasteiger partial charge in [0.05, 0.1) is 14.2 Å². The summed E-state index contributed by atoms with van der Waals surface area (Å²) in [6, 6.07) is 5.06. The van der Waals surface area contributed by atoms with Gasteiger partial charge in [-0.2, -0.15) is 0 Å². The van der Waals surface area contributed by atoms with Crippen molar-refractivity contribution in [3.63, 3.8) is 0 Å². The summed E-state index contributed by atoms with van der Waals surface area (Å²) in [6.45, 7) is 0.743. The highest BCUT2D eigenvalue weighted by Crippen LogP contribution is 2.28. The molecule has 1 saturated carbocycles. The Bertz CT molecular complexity index is 408. The van der Waals surface area contributed by atoms with Gasteiger partial charge in [0.15, 0.2) is 0 Å². The lowest BCUT2D eigenvalue weighted by Crippen LogP contribution is -2.30. The molecule has 2 rings (SSSR count). The van der Waals surface area contributed by atoms with E-state index >= 15 is 0 Å². The van der Waals surface area contributed by atoms with E-state index in [0.717, 1.165) is 6.54 Å². The fourth-order valence-electron chi connectivity index (χ4n) is 1.61. The molecule has 0 spiro atoms. The molecule has 0 saturated heterocycles. The average Bonchev–Trinajstić information content (AvgIpc) is 3.19. The zero-order valence-corrected chi connectivity index (χ0v) is 10.7. The molecule has 0 aromatic heterocycles. The average molecular weight is 250 g/mol. The summed E-state index contributed by atoms with van der Waals surface area (Å²) in [5.74, 6) is 1.95. The van der Waals surface area contributed by atoms with Crippen LogP contribution in [0, 0.1) is 5.92 Å². The van der Waals surface area contributed by atoms with E-state index in [2.05, 4.69) is 10.6 Å². The maximum Gasteiger partial charge on any atom is 0.319 e. The van der Waals surface area contributed by atoms with Crippen LogP contribution in [0.25, 0.3) is 0 Å². The van der Waals surface area contributed by atoms with Crippen molar-refractivity contribution in [1.82, 2.24) is 5.32 Å². The molecule has 98 valence electrons. The highest BCUT2D eigenvalue weighted by Gasteiger charge is 2.21. The molecule has 1 fully saturated rings. The van der Waals surface area contributed by atoms with Crippen LogP contribution >= 0.6 is 0 Å². The van der Waals surface area contributed by atoms with E-state index in [0.29, 0.717) is 23.1 Å². The fourth-order valence-corrected chi connectivity index (χ4v) is 1.61. The predicted molar refractivity (Wildman–Crippen MR) is 69.3 cm³/mol. The SMILES string of the molecule is COc1cc(NC(=O)NCC2CC2)cc(OC)c1. The molecule has 0 unspecified atom stereocenters. The van der Waals surface area contributed by atoms with Gasteiger partial charge in [0, 0.05) is 30.4 Å². The van der Waals surface area contributed by atoms with Crippen LogP contribution in [0.2, 0.25) is 0 Å². The smallest absolute Gasteiger partial charge is 0.319 e. The molecule has 18 heavy (non-hydrogen) atoms. The van der Waals surface area contributed by atoms with Gasteiger partial charge in [-0.1, -0.05) is 0 Å². The molecular formula is C13H18N2O3. The first-order valence-electron chi connectivity index (χ1n) is 5.99. The van der Waals surface area contributed by atoms with E-state index in [4.69, 9.17) is 9.47 Å². The number of methoxy groups -OCH3 is 2. The Hall–Kier alpha value is -1.91. The largest absolute Gasteiger partial charge is 0.497 e. The third-order valence-electron chi connectivity index (χ3n) is 2.86. The standard InChI is InChI=1S/C13H18N2O3/c1-17-11-5-10(6-12(7-11)18-2)15-13(16)14-8-9-3-4-9/h5-7,9H,3-4,8H2,1-2H3,(H2,14,15,16). The van der Waals surface area contributed by atoms with E-state index in [9.17, 15) is 4.79 Å². The molecule has 5 nitrogen and oxygen atoms in total. The molecule has 5 heteroatoms. The van der Waals surface area contributed by atoms with Crippen molar-refractivity contribution in [3.8, 4) is 11.5 Å². The molecule has 1 aliphatic carbocycles. The fraction of sp³-hybridized carbons (Fsp3) is 0.462. The maximum absolute atomic E-state index is 11.6. The first-order chi connectivity index (χ1) is 8.71. The zero-order valence-electron chi connectivity index (χ0n) is 10.7. The number of carbonyl (C=O) groups is 1. The summed E-state index contributed by atoms with van der Waals surface area (Å²) >= 11 is 0. The lowest BCUT2D eigenvalue weighted by molar-refractivity contribution is 0.251. The van der Waals surface area contributed by atoms with E-state index in [1.807, 2.05) is 0 Å². The molecule has 0 aliphatic heterocycles. The van der Waals surface area contributed by atoms with E-state index in [1.54, 1.807) is 32.4 Å². The first-order valence-corrected chi connectivity index (χ1v) is 5.99. The summed E-state index contributed by atoms with van der Waals surface area (Å²) in [5.41, 5.74) is 0.652. The molecule has 0 heterocycles. The van der Waals surface area contributed by atoms with Crippen LogP contribution in [-0.4, -0.2) is 26.8 Å². The monoisotopic (exact) mass is 250 g/mol. The number of nitrogens with one attached hydrogen (secondary N) is 2. The Morgan fingerprint density at radius 2 is 1.83 bits per heavy atom. The minimum Gasteiger partial charge on any atom is -0.497 e. The van der Waals surface area contributed by atoms with Crippen LogP contribution in [0.5, 0.6) is 11.5 Å². The van der Waals surface area contributed by atoms with Crippen LogP contribution in [0.4, 0.5) is 10.5 Å². The normalized spacial score (nSPS) is 13.9. The van der Waals surface area contributed by atoms with Crippen LogP contribution in [-0.2, 0) is 0 Å². The Morgan fingerprint density at radius 1 is 1.22 bits per heavy atom. The van der Waals surface area contributed by atoms with E-state index in [-0.39, 0.29) is 6.03 Å². The quantitative estimate of drug-likeness (QED) is 0.842. The number of amides is 2. The van der Waals surface area contributed by atoms with Crippen molar-refractivity contribution < 1.29 is 14.3 Å². The number of anilines is 1. The van der Waals surface area contributed by atoms with Gasteiger partial charge in [-0.3, -0.25) is 0 Å². The van der Waals surface area contributed by atoms with Crippen LogP contribution in [0.15, 0.2) is 18.2 Å². The van der Waals surface area contributed by atoms with Crippen molar-refractivity contribution in [2.45, 2.75) is 12.8 Å². The van der Waals surface area contributed by atoms with Gasteiger partial charge in [0.2, 0.25) is 0 Å². The van der Waals surface area contributed by atoms with Gasteiger partial charge in [-0.25, -0.2) is 4.79 Å². The number of urea groups is 1. The van der Waals surface area contributed by atoms with Crippen molar-refractivity contribution in [2.24, 2.45) is 5.92 Å². The Labute approximate surface area is 106 Å². The molecule has 1 aliphatic rings. The second-order valence-electron chi connectivity index (χ2n) is 4.38. The number of carbonyl (C=O) groups excluding carboxylic acids is 1. The molecule has 0 atom stereocenters. The number of hydrogen-bond acceptors (Lipinski definition) is 3. The molecule has 2 N–H and O–H groups in total. The second-order valence-corrected chi connectivity index (χ2v) is 4.38. The topological polar surface area (TPSA) is 59.6 Å². The predicted octanol–water partition coefficient (Wildman–Crippen LogP) is 2.24. The van der Waals surface area contributed by atoms with Gasteiger partial charge in [-0.15, -0.1) is 0 Å². The summed E-state index contributed by atoms with van der Waals surface area (Å²) < 4.78 is 10.3. The molecule has 1 aromatic rings. The van der Waals surface area contributed by atoms with Crippen molar-refractivity contribution >= 4 is 11.7 Å². The lowest BCUT2D eigenvalue weighted by atomic mass is 10.3. The van der Waals surface area contributed by atoms with Crippen molar-refractivity contribution in [2.75, 3.05) is 26.1 Å².